The lowest BCUT2D eigenvalue weighted by Gasteiger charge is -2.22. The predicted octanol–water partition coefficient (Wildman–Crippen LogP) is 3.52. The van der Waals surface area contributed by atoms with Gasteiger partial charge in [0.1, 0.15) is 5.41 Å². The predicted molar refractivity (Wildman–Crippen MR) is 68.4 cm³/mol. The Morgan fingerprint density at radius 1 is 1.25 bits per heavy atom. The van der Waals surface area contributed by atoms with Crippen molar-refractivity contribution in [3.05, 3.63) is 29.9 Å². The van der Waals surface area contributed by atoms with Crippen LogP contribution in [0.25, 0.3) is 11.4 Å². The molecule has 0 spiro atoms. The van der Waals surface area contributed by atoms with E-state index < -0.39 is 11.8 Å². The number of halogens is 2. The van der Waals surface area contributed by atoms with Gasteiger partial charge in [0, 0.05) is 18.0 Å². The summed E-state index contributed by atoms with van der Waals surface area (Å²) in [5.74, 6) is 0.379. The highest BCUT2D eigenvalue weighted by Crippen LogP contribution is 2.45. The number of nitrogens with zero attached hydrogens (tertiary/aromatic N) is 3. The van der Waals surface area contributed by atoms with Crippen molar-refractivity contribution in [2.45, 2.75) is 44.4 Å². The normalized spacial score (nSPS) is 17.8. The van der Waals surface area contributed by atoms with Crippen molar-refractivity contribution in [2.24, 2.45) is 0 Å². The molecule has 0 saturated heterocycles. The van der Waals surface area contributed by atoms with Crippen molar-refractivity contribution in [3.63, 3.8) is 0 Å². The molecule has 0 aromatic carbocycles. The average molecular weight is 279 g/mol. The van der Waals surface area contributed by atoms with Gasteiger partial charge in [-0.3, -0.25) is 4.98 Å². The number of rotatable bonds is 3. The van der Waals surface area contributed by atoms with Crippen LogP contribution in [0.2, 0.25) is 0 Å². The molecular weight excluding hydrogens is 264 g/mol. The van der Waals surface area contributed by atoms with Gasteiger partial charge in [-0.1, -0.05) is 18.0 Å². The summed E-state index contributed by atoms with van der Waals surface area (Å²) >= 11 is 0. The summed E-state index contributed by atoms with van der Waals surface area (Å²) in [5.41, 5.74) is 0.378. The number of hydrogen-bond donors (Lipinski definition) is 0. The molecule has 20 heavy (non-hydrogen) atoms. The summed E-state index contributed by atoms with van der Waals surface area (Å²) in [6.07, 6.45) is 3.18. The van der Waals surface area contributed by atoms with E-state index in [4.69, 9.17) is 4.52 Å². The van der Waals surface area contributed by atoms with Gasteiger partial charge in [0.05, 0.1) is 0 Å². The second-order valence-corrected chi connectivity index (χ2v) is 5.34. The van der Waals surface area contributed by atoms with E-state index in [0.717, 1.165) is 18.4 Å². The lowest BCUT2D eigenvalue weighted by molar-refractivity contribution is 0.0328. The number of hydrogen-bond acceptors (Lipinski definition) is 4. The third-order valence-corrected chi connectivity index (χ3v) is 3.90. The quantitative estimate of drug-likeness (QED) is 0.862. The van der Waals surface area contributed by atoms with Gasteiger partial charge >= 0.3 is 0 Å². The maximum absolute atomic E-state index is 13.4. The Labute approximate surface area is 115 Å². The van der Waals surface area contributed by atoms with Crippen molar-refractivity contribution in [1.82, 2.24) is 15.1 Å². The van der Waals surface area contributed by atoms with Gasteiger partial charge in [0.25, 0.3) is 6.43 Å². The van der Waals surface area contributed by atoms with Crippen LogP contribution in [0.1, 0.15) is 37.1 Å². The number of pyridine rings is 1. The van der Waals surface area contributed by atoms with Crippen molar-refractivity contribution < 1.29 is 13.3 Å². The lowest BCUT2D eigenvalue weighted by Crippen LogP contribution is -2.31. The maximum atomic E-state index is 13.4. The van der Waals surface area contributed by atoms with E-state index in [1.807, 2.05) is 13.0 Å². The Hall–Kier alpha value is -1.85. The Morgan fingerprint density at radius 2 is 2.00 bits per heavy atom. The van der Waals surface area contributed by atoms with Gasteiger partial charge in [0.15, 0.2) is 0 Å². The molecule has 106 valence electrons. The van der Waals surface area contributed by atoms with Crippen molar-refractivity contribution >= 4 is 0 Å². The van der Waals surface area contributed by atoms with E-state index in [1.54, 1.807) is 12.4 Å². The molecule has 1 aliphatic rings. The number of aryl methyl sites for hydroxylation is 1. The Bertz CT molecular complexity index is 606. The third-order valence-electron chi connectivity index (χ3n) is 3.90. The summed E-state index contributed by atoms with van der Waals surface area (Å²) in [4.78, 5) is 8.25. The molecule has 0 radical (unpaired) electrons. The van der Waals surface area contributed by atoms with Gasteiger partial charge in [-0.15, -0.1) is 0 Å². The lowest BCUT2D eigenvalue weighted by atomic mass is 9.86. The first kappa shape index (κ1) is 13.1. The largest absolute Gasteiger partial charge is 0.338 e. The van der Waals surface area contributed by atoms with Crippen LogP contribution in [-0.4, -0.2) is 21.6 Å². The van der Waals surface area contributed by atoms with Crippen LogP contribution in [-0.2, 0) is 5.41 Å². The zero-order valence-corrected chi connectivity index (χ0v) is 11.1. The smallest absolute Gasteiger partial charge is 0.252 e. The highest BCUT2D eigenvalue weighted by atomic mass is 19.3. The average Bonchev–Trinajstić information content (AvgIpc) is 3.08. The highest BCUT2D eigenvalue weighted by Gasteiger charge is 2.48. The maximum Gasteiger partial charge on any atom is 0.252 e. The van der Waals surface area contributed by atoms with Crippen molar-refractivity contribution in [2.75, 3.05) is 0 Å². The summed E-state index contributed by atoms with van der Waals surface area (Å²) < 4.78 is 32.0. The van der Waals surface area contributed by atoms with E-state index in [-0.39, 0.29) is 5.89 Å². The fourth-order valence-corrected chi connectivity index (χ4v) is 2.75. The second kappa shape index (κ2) is 4.92. The zero-order chi connectivity index (χ0) is 14.2. The summed E-state index contributed by atoms with van der Waals surface area (Å²) in [6.45, 7) is 1.90. The van der Waals surface area contributed by atoms with Crippen molar-refractivity contribution in [1.29, 1.82) is 0 Å². The fourth-order valence-electron chi connectivity index (χ4n) is 2.75. The van der Waals surface area contributed by atoms with E-state index >= 15 is 0 Å². The van der Waals surface area contributed by atoms with Crippen LogP contribution in [0.4, 0.5) is 8.78 Å². The molecular formula is C14H15F2N3O. The van der Waals surface area contributed by atoms with E-state index in [2.05, 4.69) is 15.1 Å². The molecule has 1 aliphatic carbocycles. The summed E-state index contributed by atoms with van der Waals surface area (Å²) in [6, 6.07) is 1.85. The minimum absolute atomic E-state index is 0.0570. The molecule has 0 amide bonds. The van der Waals surface area contributed by atoms with E-state index in [1.165, 1.54) is 0 Å². The first-order valence-corrected chi connectivity index (χ1v) is 6.66. The molecule has 0 unspecified atom stereocenters. The van der Waals surface area contributed by atoms with Gasteiger partial charge in [-0.25, -0.2) is 8.78 Å². The molecule has 1 fully saturated rings. The van der Waals surface area contributed by atoms with Crippen LogP contribution in [0.3, 0.4) is 0 Å². The molecule has 0 aliphatic heterocycles. The third kappa shape index (κ3) is 2.09. The van der Waals surface area contributed by atoms with E-state index in [9.17, 15) is 8.78 Å². The van der Waals surface area contributed by atoms with Crippen LogP contribution >= 0.6 is 0 Å². The first-order chi connectivity index (χ1) is 9.62. The van der Waals surface area contributed by atoms with Gasteiger partial charge < -0.3 is 4.52 Å². The molecule has 0 atom stereocenters. The van der Waals surface area contributed by atoms with Crippen molar-refractivity contribution in [3.8, 4) is 11.4 Å². The Morgan fingerprint density at radius 3 is 2.65 bits per heavy atom. The zero-order valence-electron chi connectivity index (χ0n) is 11.1. The van der Waals surface area contributed by atoms with Gasteiger partial charge in [0.2, 0.25) is 11.7 Å². The first-order valence-electron chi connectivity index (χ1n) is 6.66. The summed E-state index contributed by atoms with van der Waals surface area (Å²) in [7, 11) is 0. The SMILES string of the molecule is Cc1cncc(-c2noc(C3(C(F)F)CCCC3)n2)c1. The molecule has 0 N–H and O–H groups in total. The highest BCUT2D eigenvalue weighted by molar-refractivity contribution is 5.53. The Kier molecular flexibility index (Phi) is 3.23. The topological polar surface area (TPSA) is 51.8 Å². The molecule has 2 aromatic heterocycles. The molecule has 2 aromatic rings. The van der Waals surface area contributed by atoms with Crippen LogP contribution in [0.15, 0.2) is 23.0 Å². The van der Waals surface area contributed by atoms with Crippen LogP contribution < -0.4 is 0 Å². The molecule has 4 nitrogen and oxygen atoms in total. The molecule has 0 bridgehead atoms. The second-order valence-electron chi connectivity index (χ2n) is 5.34. The molecule has 3 rings (SSSR count). The van der Waals surface area contributed by atoms with E-state index in [0.29, 0.717) is 24.2 Å². The van der Waals surface area contributed by atoms with Gasteiger partial charge in [-0.2, -0.15) is 4.98 Å². The minimum atomic E-state index is -2.48. The Balaban J connectivity index is 1.97. The molecule has 2 heterocycles. The van der Waals surface area contributed by atoms with Crippen LogP contribution in [0.5, 0.6) is 0 Å². The van der Waals surface area contributed by atoms with Crippen LogP contribution in [0, 0.1) is 6.92 Å². The van der Waals surface area contributed by atoms with Gasteiger partial charge in [-0.05, 0) is 31.4 Å². The minimum Gasteiger partial charge on any atom is -0.338 e. The number of alkyl halides is 2. The molecule has 1 saturated carbocycles. The fraction of sp³-hybridized carbons (Fsp3) is 0.500. The molecule has 6 heteroatoms. The standard InChI is InChI=1S/C14H15F2N3O/c1-9-6-10(8-17-7-9)11-18-13(20-19-11)14(12(15)16)4-2-3-5-14/h6-8,12H,2-5H2,1H3. The summed E-state index contributed by atoms with van der Waals surface area (Å²) in [5, 5.41) is 3.84. The monoisotopic (exact) mass is 279 g/mol. The number of aromatic nitrogens is 3.